The van der Waals surface area contributed by atoms with Crippen molar-refractivity contribution in [2.45, 2.75) is 38.6 Å². The molecule has 3 aromatic rings. The summed E-state index contributed by atoms with van der Waals surface area (Å²) in [5.74, 6) is 0.936. The van der Waals surface area contributed by atoms with E-state index in [2.05, 4.69) is 34.1 Å². The van der Waals surface area contributed by atoms with Gasteiger partial charge in [0.2, 0.25) is 5.95 Å². The molecule has 1 aliphatic heterocycles. The summed E-state index contributed by atoms with van der Waals surface area (Å²) in [5, 5.41) is 5.11. The maximum absolute atomic E-state index is 12.6. The van der Waals surface area contributed by atoms with E-state index < -0.39 is 0 Å². The number of thiazole rings is 1. The molecule has 29 heavy (non-hydrogen) atoms. The fourth-order valence-electron chi connectivity index (χ4n) is 3.62. The van der Waals surface area contributed by atoms with Crippen LogP contribution in [0.5, 0.6) is 0 Å². The van der Waals surface area contributed by atoms with Gasteiger partial charge in [-0.25, -0.2) is 15.0 Å². The van der Waals surface area contributed by atoms with Gasteiger partial charge >= 0.3 is 0 Å². The van der Waals surface area contributed by atoms with Gasteiger partial charge in [-0.1, -0.05) is 0 Å². The molecule has 8 heteroatoms. The summed E-state index contributed by atoms with van der Waals surface area (Å²) in [6.07, 6.45) is 7.20. The first kappa shape index (κ1) is 19.4. The van der Waals surface area contributed by atoms with Crippen molar-refractivity contribution < 1.29 is 4.79 Å². The smallest absolute Gasteiger partial charge is 0.273 e. The van der Waals surface area contributed by atoms with Gasteiger partial charge in [0.15, 0.2) is 0 Å². The Kier molecular flexibility index (Phi) is 5.80. The second-order valence-electron chi connectivity index (χ2n) is 7.47. The molecule has 0 unspecified atom stereocenters. The molecule has 1 N–H and O–H groups in total. The van der Waals surface area contributed by atoms with E-state index in [4.69, 9.17) is 4.98 Å². The van der Waals surface area contributed by atoms with Gasteiger partial charge in [0.05, 0.1) is 11.2 Å². The van der Waals surface area contributed by atoms with Gasteiger partial charge in [-0.05, 0) is 44.4 Å². The number of hydrogen-bond donors (Lipinski definition) is 1. The molecular weight excluding hydrogens is 384 g/mol. The molecule has 150 valence electrons. The number of aromatic nitrogens is 4. The van der Waals surface area contributed by atoms with Crippen LogP contribution < -0.4 is 5.32 Å². The van der Waals surface area contributed by atoms with Crippen LogP contribution in [0.15, 0.2) is 41.6 Å². The Morgan fingerprint density at radius 2 is 1.97 bits per heavy atom. The minimum atomic E-state index is 0.0175. The lowest BCUT2D eigenvalue weighted by Crippen LogP contribution is -2.38. The maximum atomic E-state index is 12.6. The lowest BCUT2D eigenvalue weighted by molar-refractivity contribution is 0.0707. The Hall–Kier alpha value is -2.87. The van der Waals surface area contributed by atoms with Crippen molar-refractivity contribution in [1.82, 2.24) is 24.8 Å². The topological polar surface area (TPSA) is 83.9 Å². The number of nitrogens with zero attached hydrogens (tertiary/aromatic N) is 5. The second kappa shape index (κ2) is 8.65. The number of piperidine rings is 1. The van der Waals surface area contributed by atoms with Gasteiger partial charge in [-0.15, -0.1) is 11.3 Å². The maximum Gasteiger partial charge on any atom is 0.273 e. The third-order valence-corrected chi connectivity index (χ3v) is 5.63. The first-order valence-corrected chi connectivity index (χ1v) is 10.8. The zero-order chi connectivity index (χ0) is 20.2. The third-order valence-electron chi connectivity index (χ3n) is 5.05. The van der Waals surface area contributed by atoms with Gasteiger partial charge in [0.1, 0.15) is 5.69 Å². The largest absolute Gasteiger partial charge is 0.352 e. The lowest BCUT2D eigenvalue weighted by Gasteiger charge is -2.32. The number of likely N-dealkylation sites (tertiary alicyclic amines) is 1. The van der Waals surface area contributed by atoms with Gasteiger partial charge in [0.25, 0.3) is 5.91 Å². The van der Waals surface area contributed by atoms with E-state index in [1.54, 1.807) is 17.9 Å². The van der Waals surface area contributed by atoms with Crippen molar-refractivity contribution in [1.29, 1.82) is 0 Å². The Bertz CT molecular complexity index is 953. The van der Waals surface area contributed by atoms with Crippen LogP contribution in [-0.2, 0) is 0 Å². The molecule has 3 aromatic heterocycles. The number of amides is 1. The van der Waals surface area contributed by atoms with Crippen molar-refractivity contribution in [2.75, 3.05) is 18.4 Å². The molecule has 4 rings (SSSR count). The van der Waals surface area contributed by atoms with Gasteiger partial charge in [-0.3, -0.25) is 9.78 Å². The molecule has 4 heterocycles. The van der Waals surface area contributed by atoms with Crippen LogP contribution >= 0.6 is 11.3 Å². The van der Waals surface area contributed by atoms with Crippen LogP contribution in [0.3, 0.4) is 0 Å². The molecule has 1 fully saturated rings. The highest BCUT2D eigenvalue weighted by atomic mass is 32.1. The Morgan fingerprint density at radius 1 is 1.21 bits per heavy atom. The molecule has 1 aliphatic rings. The number of carbonyl (C=O) groups excluding carboxylic acids is 1. The number of pyridine rings is 1. The van der Waals surface area contributed by atoms with E-state index in [1.807, 2.05) is 28.6 Å². The molecular formula is C21H24N6OS. The van der Waals surface area contributed by atoms with Crippen LogP contribution in [0.2, 0.25) is 0 Å². The number of anilines is 1. The molecule has 0 aromatic carbocycles. The highest BCUT2D eigenvalue weighted by Crippen LogP contribution is 2.34. The molecule has 0 radical (unpaired) electrons. The van der Waals surface area contributed by atoms with Gasteiger partial charge in [0, 0.05) is 54.6 Å². The summed E-state index contributed by atoms with van der Waals surface area (Å²) < 4.78 is 0. The molecule has 1 amide bonds. The fraction of sp³-hybridized carbons (Fsp3) is 0.381. The van der Waals surface area contributed by atoms with Crippen molar-refractivity contribution in [3.8, 4) is 11.1 Å². The first-order valence-electron chi connectivity index (χ1n) is 9.83. The van der Waals surface area contributed by atoms with E-state index in [9.17, 15) is 4.79 Å². The minimum Gasteiger partial charge on any atom is -0.352 e. The van der Waals surface area contributed by atoms with Crippen LogP contribution in [0.1, 0.15) is 48.8 Å². The number of carbonyl (C=O) groups is 1. The molecule has 0 bridgehead atoms. The normalized spacial score (nSPS) is 14.9. The monoisotopic (exact) mass is 408 g/mol. The molecule has 0 atom stereocenters. The fourth-order valence-corrected chi connectivity index (χ4v) is 4.15. The SMILES string of the molecule is CC(C)Nc1ncc(-c2ccncc2)c(C2CCN(C(=O)c3cscn3)CC2)n1. The first-order chi connectivity index (χ1) is 14.1. The zero-order valence-corrected chi connectivity index (χ0v) is 17.4. The van der Waals surface area contributed by atoms with Crippen molar-refractivity contribution >= 4 is 23.2 Å². The van der Waals surface area contributed by atoms with Gasteiger partial charge < -0.3 is 10.2 Å². The van der Waals surface area contributed by atoms with Crippen LogP contribution in [0.25, 0.3) is 11.1 Å². The molecule has 0 spiro atoms. The Morgan fingerprint density at radius 3 is 2.62 bits per heavy atom. The summed E-state index contributed by atoms with van der Waals surface area (Å²) in [6, 6.07) is 4.23. The van der Waals surface area contributed by atoms with Crippen LogP contribution in [0, 0.1) is 0 Å². The van der Waals surface area contributed by atoms with Crippen LogP contribution in [0.4, 0.5) is 5.95 Å². The van der Waals surface area contributed by atoms with Crippen LogP contribution in [-0.4, -0.2) is 49.9 Å². The quantitative estimate of drug-likeness (QED) is 0.691. The third kappa shape index (κ3) is 4.42. The average molecular weight is 409 g/mol. The molecule has 0 aliphatic carbocycles. The summed E-state index contributed by atoms with van der Waals surface area (Å²) in [7, 11) is 0. The predicted molar refractivity (Wildman–Crippen MR) is 114 cm³/mol. The summed E-state index contributed by atoms with van der Waals surface area (Å²) in [4.78, 5) is 32.2. The van der Waals surface area contributed by atoms with Crippen molar-refractivity contribution in [2.24, 2.45) is 0 Å². The Labute approximate surface area is 174 Å². The minimum absolute atomic E-state index is 0.0175. The highest BCUT2D eigenvalue weighted by Gasteiger charge is 2.28. The standard InChI is InChI=1S/C21H24N6OS/c1-14(2)25-21-23-11-17(15-3-7-22-8-4-15)19(26-21)16-5-9-27(10-6-16)20(28)18-12-29-13-24-18/h3-4,7-8,11-14,16H,5-6,9-10H2,1-2H3,(H,23,25,26). The van der Waals surface area contributed by atoms with Crippen molar-refractivity contribution in [3.05, 3.63) is 53.0 Å². The van der Waals surface area contributed by atoms with E-state index in [0.29, 0.717) is 24.7 Å². The average Bonchev–Trinajstić information content (AvgIpc) is 3.28. The van der Waals surface area contributed by atoms with Crippen molar-refractivity contribution in [3.63, 3.8) is 0 Å². The van der Waals surface area contributed by atoms with E-state index in [0.717, 1.165) is 29.7 Å². The molecule has 1 saturated heterocycles. The van der Waals surface area contributed by atoms with E-state index >= 15 is 0 Å². The lowest BCUT2D eigenvalue weighted by atomic mass is 9.89. The summed E-state index contributed by atoms with van der Waals surface area (Å²) in [6.45, 7) is 5.55. The van der Waals surface area contributed by atoms with E-state index in [-0.39, 0.29) is 17.9 Å². The zero-order valence-electron chi connectivity index (χ0n) is 16.6. The highest BCUT2D eigenvalue weighted by molar-refractivity contribution is 7.07. The Balaban J connectivity index is 1.57. The molecule has 0 saturated carbocycles. The number of rotatable bonds is 5. The molecule has 7 nitrogen and oxygen atoms in total. The summed E-state index contributed by atoms with van der Waals surface area (Å²) >= 11 is 1.45. The second-order valence-corrected chi connectivity index (χ2v) is 8.19. The number of nitrogens with one attached hydrogen (secondary N) is 1. The number of hydrogen-bond acceptors (Lipinski definition) is 7. The van der Waals surface area contributed by atoms with E-state index in [1.165, 1.54) is 11.3 Å². The van der Waals surface area contributed by atoms with Gasteiger partial charge in [-0.2, -0.15) is 0 Å². The summed E-state index contributed by atoms with van der Waals surface area (Å²) in [5.41, 5.74) is 5.37. The predicted octanol–water partition coefficient (Wildman–Crippen LogP) is 3.84.